The van der Waals surface area contributed by atoms with Gasteiger partial charge in [0.05, 0.1) is 18.2 Å². The van der Waals surface area contributed by atoms with Gasteiger partial charge in [-0.15, -0.1) is 11.3 Å². The fourth-order valence-electron chi connectivity index (χ4n) is 1.78. The Labute approximate surface area is 114 Å². The van der Waals surface area contributed by atoms with Crippen LogP contribution in [0.1, 0.15) is 22.2 Å². The average molecular weight is 278 g/mol. The van der Waals surface area contributed by atoms with Gasteiger partial charge in [-0.3, -0.25) is 0 Å². The van der Waals surface area contributed by atoms with Gasteiger partial charge in [0.2, 0.25) is 0 Å². The Morgan fingerprint density at radius 2 is 2.11 bits per heavy atom. The molecule has 1 aromatic heterocycles. The topological polar surface area (TPSA) is 82.5 Å². The Hall–Kier alpha value is -1.92. The van der Waals surface area contributed by atoms with Gasteiger partial charge in [-0.25, -0.2) is 9.78 Å². The van der Waals surface area contributed by atoms with E-state index in [9.17, 15) is 4.79 Å². The maximum absolute atomic E-state index is 10.7. The molecule has 0 aliphatic heterocycles. The second-order valence-electron chi connectivity index (χ2n) is 3.98. The molecule has 0 spiro atoms. The maximum Gasteiger partial charge on any atom is 0.404 e. The number of hydrogen-bond acceptors (Lipinski definition) is 4. The molecule has 3 N–H and O–H groups in total. The zero-order valence-corrected chi connectivity index (χ0v) is 10.9. The van der Waals surface area contributed by atoms with E-state index in [1.165, 1.54) is 11.3 Å². The zero-order valence-electron chi connectivity index (χ0n) is 10.1. The predicted molar refractivity (Wildman–Crippen MR) is 72.3 cm³/mol. The standard InChI is InChI=1S/C13H14N2O3S/c16-7-10-8-19-12(15-10)11(6-14-13(17)18)9-4-2-1-3-5-9/h1-5,8,11,14,16H,6-7H2,(H,17,18)/t11-/m0/s1. The van der Waals surface area contributed by atoms with Gasteiger partial charge in [0.1, 0.15) is 5.01 Å². The molecule has 5 nitrogen and oxygen atoms in total. The lowest BCUT2D eigenvalue weighted by atomic mass is 10.00. The molecule has 1 atom stereocenters. The molecule has 2 aromatic rings. The van der Waals surface area contributed by atoms with Crippen LogP contribution in [0.25, 0.3) is 0 Å². The van der Waals surface area contributed by atoms with Gasteiger partial charge in [0.25, 0.3) is 0 Å². The van der Waals surface area contributed by atoms with Crippen molar-refractivity contribution in [2.75, 3.05) is 6.54 Å². The van der Waals surface area contributed by atoms with E-state index in [1.54, 1.807) is 5.38 Å². The van der Waals surface area contributed by atoms with Gasteiger partial charge in [-0.1, -0.05) is 30.3 Å². The summed E-state index contributed by atoms with van der Waals surface area (Å²) in [5, 5.41) is 22.8. The Balaban J connectivity index is 2.25. The molecule has 0 aliphatic carbocycles. The quantitative estimate of drug-likeness (QED) is 0.781. The number of carbonyl (C=O) groups is 1. The zero-order chi connectivity index (χ0) is 13.7. The number of thiazole rings is 1. The van der Waals surface area contributed by atoms with Gasteiger partial charge in [0, 0.05) is 11.9 Å². The molecule has 0 saturated heterocycles. The van der Waals surface area contributed by atoms with Crippen LogP contribution in [-0.2, 0) is 6.61 Å². The van der Waals surface area contributed by atoms with Crippen LogP contribution in [-0.4, -0.2) is 27.8 Å². The first-order valence-corrected chi connectivity index (χ1v) is 6.65. The summed E-state index contributed by atoms with van der Waals surface area (Å²) in [6, 6.07) is 9.60. The minimum absolute atomic E-state index is 0.107. The van der Waals surface area contributed by atoms with Crippen LogP contribution < -0.4 is 5.32 Å². The molecule has 1 heterocycles. The lowest BCUT2D eigenvalue weighted by Gasteiger charge is -2.14. The van der Waals surface area contributed by atoms with E-state index in [4.69, 9.17) is 10.2 Å². The predicted octanol–water partition coefficient (Wildman–Crippen LogP) is 2.03. The third-order valence-electron chi connectivity index (χ3n) is 2.69. The van der Waals surface area contributed by atoms with Crippen molar-refractivity contribution >= 4 is 17.4 Å². The average Bonchev–Trinajstić information content (AvgIpc) is 2.89. The normalized spacial score (nSPS) is 12.1. The van der Waals surface area contributed by atoms with Crippen LogP contribution in [0.15, 0.2) is 35.7 Å². The van der Waals surface area contributed by atoms with Crippen LogP contribution in [0.2, 0.25) is 0 Å². The number of amides is 1. The summed E-state index contributed by atoms with van der Waals surface area (Å²) in [5.41, 5.74) is 1.60. The summed E-state index contributed by atoms with van der Waals surface area (Å²) in [4.78, 5) is 15.0. The molecular weight excluding hydrogens is 264 g/mol. The van der Waals surface area contributed by atoms with E-state index < -0.39 is 6.09 Å². The van der Waals surface area contributed by atoms with Crippen molar-refractivity contribution in [2.45, 2.75) is 12.5 Å². The first-order valence-electron chi connectivity index (χ1n) is 5.77. The summed E-state index contributed by atoms with van der Waals surface area (Å²) < 4.78 is 0. The number of nitrogens with one attached hydrogen (secondary N) is 1. The molecule has 1 amide bonds. The number of nitrogens with zero attached hydrogens (tertiary/aromatic N) is 1. The summed E-state index contributed by atoms with van der Waals surface area (Å²) >= 11 is 1.42. The highest BCUT2D eigenvalue weighted by molar-refractivity contribution is 7.09. The number of benzene rings is 1. The Bertz CT molecular complexity index is 542. The second kappa shape index (κ2) is 6.31. The minimum Gasteiger partial charge on any atom is -0.465 e. The van der Waals surface area contributed by atoms with Crippen LogP contribution >= 0.6 is 11.3 Å². The van der Waals surface area contributed by atoms with Crippen molar-refractivity contribution in [2.24, 2.45) is 0 Å². The number of aromatic nitrogens is 1. The van der Waals surface area contributed by atoms with Crippen molar-refractivity contribution < 1.29 is 15.0 Å². The largest absolute Gasteiger partial charge is 0.465 e. The first kappa shape index (κ1) is 13.5. The van der Waals surface area contributed by atoms with E-state index in [1.807, 2.05) is 30.3 Å². The summed E-state index contributed by atoms with van der Waals surface area (Å²) in [5.74, 6) is -0.136. The van der Waals surface area contributed by atoms with E-state index >= 15 is 0 Å². The van der Waals surface area contributed by atoms with Crippen LogP contribution in [0, 0.1) is 0 Å². The lowest BCUT2D eigenvalue weighted by molar-refractivity contribution is 0.194. The van der Waals surface area contributed by atoms with E-state index in [2.05, 4.69) is 10.3 Å². The number of hydrogen-bond donors (Lipinski definition) is 3. The van der Waals surface area contributed by atoms with Gasteiger partial charge in [-0.2, -0.15) is 0 Å². The molecule has 0 aliphatic rings. The van der Waals surface area contributed by atoms with Crippen molar-refractivity contribution in [1.29, 1.82) is 0 Å². The highest BCUT2D eigenvalue weighted by atomic mass is 32.1. The molecule has 19 heavy (non-hydrogen) atoms. The molecule has 0 fully saturated rings. The summed E-state index contributed by atoms with van der Waals surface area (Å²) in [6.45, 7) is 0.155. The van der Waals surface area contributed by atoms with Crippen LogP contribution in [0.4, 0.5) is 4.79 Å². The van der Waals surface area contributed by atoms with E-state index in [0.717, 1.165) is 10.6 Å². The van der Waals surface area contributed by atoms with Crippen molar-refractivity contribution in [3.8, 4) is 0 Å². The summed E-state index contributed by atoms with van der Waals surface area (Å²) in [6.07, 6.45) is -1.06. The fourth-order valence-corrected chi connectivity index (χ4v) is 2.72. The van der Waals surface area contributed by atoms with Gasteiger partial charge in [0.15, 0.2) is 0 Å². The third kappa shape index (κ3) is 3.52. The minimum atomic E-state index is -1.06. The Morgan fingerprint density at radius 1 is 1.37 bits per heavy atom. The lowest BCUT2D eigenvalue weighted by Crippen LogP contribution is -2.27. The van der Waals surface area contributed by atoms with Gasteiger partial charge < -0.3 is 15.5 Å². The second-order valence-corrected chi connectivity index (χ2v) is 4.87. The molecule has 2 rings (SSSR count). The third-order valence-corrected chi connectivity index (χ3v) is 3.70. The molecule has 0 bridgehead atoms. The number of carboxylic acid groups (broad SMARTS) is 1. The highest BCUT2D eigenvalue weighted by Crippen LogP contribution is 2.26. The highest BCUT2D eigenvalue weighted by Gasteiger charge is 2.18. The number of aliphatic hydroxyl groups excluding tert-OH is 1. The molecule has 100 valence electrons. The van der Waals surface area contributed by atoms with Crippen molar-refractivity contribution in [3.05, 3.63) is 52.0 Å². The van der Waals surface area contributed by atoms with E-state index in [0.29, 0.717) is 5.69 Å². The molecule has 0 unspecified atom stereocenters. The van der Waals surface area contributed by atoms with Gasteiger partial charge in [-0.05, 0) is 5.56 Å². The number of rotatable bonds is 5. The smallest absolute Gasteiger partial charge is 0.404 e. The molecule has 6 heteroatoms. The molecular formula is C13H14N2O3S. The first-order chi connectivity index (χ1) is 9.20. The van der Waals surface area contributed by atoms with E-state index in [-0.39, 0.29) is 19.1 Å². The van der Waals surface area contributed by atoms with Gasteiger partial charge >= 0.3 is 6.09 Å². The molecule has 0 radical (unpaired) electrons. The van der Waals surface area contributed by atoms with Crippen molar-refractivity contribution in [1.82, 2.24) is 10.3 Å². The number of aliphatic hydroxyl groups is 1. The van der Waals surface area contributed by atoms with Crippen LogP contribution in [0.5, 0.6) is 0 Å². The molecule has 0 saturated carbocycles. The monoisotopic (exact) mass is 278 g/mol. The maximum atomic E-state index is 10.7. The van der Waals surface area contributed by atoms with Crippen LogP contribution in [0.3, 0.4) is 0 Å². The fraction of sp³-hybridized carbons (Fsp3) is 0.231. The summed E-state index contributed by atoms with van der Waals surface area (Å²) in [7, 11) is 0. The van der Waals surface area contributed by atoms with Crippen molar-refractivity contribution in [3.63, 3.8) is 0 Å². The SMILES string of the molecule is O=C(O)NC[C@@H](c1ccccc1)c1nc(CO)cs1. The molecule has 1 aromatic carbocycles. The Morgan fingerprint density at radius 3 is 2.68 bits per heavy atom. The Kier molecular flexibility index (Phi) is 4.48.